The Morgan fingerprint density at radius 2 is 1.85 bits per heavy atom. The molecule has 2 aliphatic heterocycles. The maximum Gasteiger partial charge on any atom is 0.254 e. The highest BCUT2D eigenvalue weighted by molar-refractivity contribution is 5.84. The molecule has 2 fully saturated rings. The fourth-order valence-electron chi connectivity index (χ4n) is 4.04. The molecule has 1 atom stereocenters. The van der Waals surface area contributed by atoms with Gasteiger partial charge in [0.2, 0.25) is 0 Å². The molecule has 1 N–H and O–H groups in total. The number of hydrogen-bond acceptors (Lipinski definition) is 5. The number of methoxy groups -OCH3 is 1. The largest absolute Gasteiger partial charge is 0.495 e. The Labute approximate surface area is 156 Å². The van der Waals surface area contributed by atoms with Gasteiger partial charge < -0.3 is 19.6 Å². The average Bonchev–Trinajstić information content (AvgIpc) is 2.67. The number of ether oxygens (including phenoxy) is 1. The van der Waals surface area contributed by atoms with E-state index in [1.165, 1.54) is 0 Å². The summed E-state index contributed by atoms with van der Waals surface area (Å²) in [4.78, 5) is 19.1. The summed E-state index contributed by atoms with van der Waals surface area (Å²) in [5, 5.41) is 10.0. The lowest BCUT2D eigenvalue weighted by atomic mass is 10.00. The van der Waals surface area contributed by atoms with Crippen LogP contribution in [0, 0.1) is 0 Å². The number of aliphatic hydroxyl groups is 1. The molecule has 26 heavy (non-hydrogen) atoms. The highest BCUT2D eigenvalue weighted by atomic mass is 16.5. The maximum atomic E-state index is 12.4. The van der Waals surface area contributed by atoms with Crippen molar-refractivity contribution in [2.24, 2.45) is 0 Å². The van der Waals surface area contributed by atoms with Crippen LogP contribution in [0.4, 0.5) is 5.69 Å². The van der Waals surface area contributed by atoms with Crippen molar-refractivity contribution in [2.75, 3.05) is 51.3 Å². The zero-order chi connectivity index (χ0) is 18.7. The summed E-state index contributed by atoms with van der Waals surface area (Å²) in [5.74, 6) is 0.760. The van der Waals surface area contributed by atoms with Gasteiger partial charge in [0.15, 0.2) is 0 Å². The van der Waals surface area contributed by atoms with E-state index in [-0.39, 0.29) is 5.91 Å². The maximum absolute atomic E-state index is 12.4. The molecule has 0 unspecified atom stereocenters. The van der Waals surface area contributed by atoms with Gasteiger partial charge in [-0.1, -0.05) is 12.1 Å². The summed E-state index contributed by atoms with van der Waals surface area (Å²) in [5.41, 5.74) is -0.137. The molecule has 0 radical (unpaired) electrons. The first-order chi connectivity index (χ1) is 12.4. The number of carbonyl (C=O) groups is 1. The van der Waals surface area contributed by atoms with Gasteiger partial charge in [0.1, 0.15) is 11.4 Å². The summed E-state index contributed by atoms with van der Waals surface area (Å²) in [6.45, 7) is 8.49. The van der Waals surface area contributed by atoms with Crippen LogP contribution in [0.25, 0.3) is 0 Å². The van der Waals surface area contributed by atoms with Crippen LogP contribution in [0.15, 0.2) is 24.3 Å². The van der Waals surface area contributed by atoms with Crippen LogP contribution in [0.3, 0.4) is 0 Å². The van der Waals surface area contributed by atoms with Gasteiger partial charge in [0.05, 0.1) is 12.8 Å². The van der Waals surface area contributed by atoms with E-state index in [0.29, 0.717) is 6.04 Å². The monoisotopic (exact) mass is 361 g/mol. The zero-order valence-corrected chi connectivity index (χ0v) is 16.1. The topological polar surface area (TPSA) is 56.2 Å². The van der Waals surface area contributed by atoms with E-state index in [4.69, 9.17) is 4.74 Å². The van der Waals surface area contributed by atoms with E-state index < -0.39 is 5.60 Å². The molecular formula is C20H31N3O3. The second-order valence-electron chi connectivity index (χ2n) is 7.80. The Morgan fingerprint density at radius 3 is 2.50 bits per heavy atom. The Balaban J connectivity index is 1.58. The third-order valence-corrected chi connectivity index (χ3v) is 5.46. The number of carbonyl (C=O) groups excluding carboxylic acids is 1. The van der Waals surface area contributed by atoms with Crippen molar-refractivity contribution < 1.29 is 14.6 Å². The van der Waals surface area contributed by atoms with Gasteiger partial charge >= 0.3 is 0 Å². The van der Waals surface area contributed by atoms with Crippen molar-refractivity contribution in [3.8, 4) is 5.75 Å². The number of benzene rings is 1. The third kappa shape index (κ3) is 4.13. The second kappa shape index (κ2) is 7.84. The zero-order valence-electron chi connectivity index (χ0n) is 16.1. The number of anilines is 1. The molecule has 1 aromatic rings. The van der Waals surface area contributed by atoms with Crippen LogP contribution in [0.5, 0.6) is 5.75 Å². The van der Waals surface area contributed by atoms with Crippen molar-refractivity contribution in [1.82, 2.24) is 9.80 Å². The fourth-order valence-corrected chi connectivity index (χ4v) is 4.04. The number of nitrogens with zero attached hydrogens (tertiary/aromatic N) is 3. The molecule has 1 amide bonds. The molecular weight excluding hydrogens is 330 g/mol. The van der Waals surface area contributed by atoms with E-state index in [1.54, 1.807) is 21.0 Å². The lowest BCUT2D eigenvalue weighted by Crippen LogP contribution is -2.57. The number of para-hydroxylation sites is 2. The molecule has 3 rings (SSSR count). The Hall–Kier alpha value is -1.79. The average molecular weight is 361 g/mol. The normalized spacial score (nSPS) is 22.4. The van der Waals surface area contributed by atoms with Crippen molar-refractivity contribution in [1.29, 1.82) is 0 Å². The van der Waals surface area contributed by atoms with Crippen LogP contribution in [0.1, 0.15) is 26.7 Å². The molecule has 0 aromatic heterocycles. The van der Waals surface area contributed by atoms with E-state index >= 15 is 0 Å². The molecule has 0 spiro atoms. The number of amides is 1. The Bertz CT molecular complexity index is 621. The van der Waals surface area contributed by atoms with Gasteiger partial charge in [-0.05, 0) is 38.8 Å². The molecule has 144 valence electrons. The quantitative estimate of drug-likeness (QED) is 0.882. The molecule has 0 bridgehead atoms. The second-order valence-corrected chi connectivity index (χ2v) is 7.80. The van der Waals surface area contributed by atoms with Gasteiger partial charge in [-0.15, -0.1) is 0 Å². The van der Waals surface area contributed by atoms with Crippen molar-refractivity contribution >= 4 is 11.6 Å². The summed E-state index contributed by atoms with van der Waals surface area (Å²) in [7, 11) is 1.71. The first-order valence-electron chi connectivity index (χ1n) is 9.54. The lowest BCUT2D eigenvalue weighted by Gasteiger charge is -2.44. The molecule has 0 aliphatic carbocycles. The van der Waals surface area contributed by atoms with Crippen molar-refractivity contribution in [2.45, 2.75) is 38.3 Å². The molecule has 2 saturated heterocycles. The van der Waals surface area contributed by atoms with Crippen LogP contribution in [-0.4, -0.2) is 78.8 Å². The number of piperazine rings is 1. The molecule has 6 nitrogen and oxygen atoms in total. The number of rotatable bonds is 4. The fraction of sp³-hybridized carbons (Fsp3) is 0.650. The van der Waals surface area contributed by atoms with E-state index in [1.807, 2.05) is 23.1 Å². The number of hydrogen-bond donors (Lipinski definition) is 1. The van der Waals surface area contributed by atoms with E-state index in [9.17, 15) is 9.90 Å². The third-order valence-electron chi connectivity index (χ3n) is 5.46. The lowest BCUT2D eigenvalue weighted by molar-refractivity contribution is -0.150. The van der Waals surface area contributed by atoms with E-state index in [2.05, 4.69) is 15.9 Å². The number of likely N-dealkylation sites (tertiary alicyclic amines) is 1. The Kier molecular flexibility index (Phi) is 5.73. The van der Waals surface area contributed by atoms with Crippen LogP contribution < -0.4 is 9.64 Å². The minimum absolute atomic E-state index is 0.158. The van der Waals surface area contributed by atoms with Crippen LogP contribution >= 0.6 is 0 Å². The smallest absolute Gasteiger partial charge is 0.254 e. The summed E-state index contributed by atoms with van der Waals surface area (Å²) in [6, 6.07) is 8.54. The summed E-state index contributed by atoms with van der Waals surface area (Å²) < 4.78 is 5.49. The first kappa shape index (κ1) is 19.0. The van der Waals surface area contributed by atoms with Gasteiger partial charge in [-0.3, -0.25) is 9.69 Å². The van der Waals surface area contributed by atoms with Gasteiger partial charge in [-0.25, -0.2) is 0 Å². The van der Waals surface area contributed by atoms with Gasteiger partial charge in [0, 0.05) is 45.3 Å². The van der Waals surface area contributed by atoms with Crippen molar-refractivity contribution in [3.05, 3.63) is 24.3 Å². The molecule has 2 aliphatic rings. The minimum Gasteiger partial charge on any atom is -0.495 e. The molecule has 0 saturated carbocycles. The minimum atomic E-state index is -1.29. The summed E-state index contributed by atoms with van der Waals surface area (Å²) in [6.07, 6.45) is 2.11. The summed E-state index contributed by atoms with van der Waals surface area (Å²) >= 11 is 0. The predicted octanol–water partition coefficient (Wildman–Crippen LogP) is 1.58. The number of piperidine rings is 1. The standard InChI is InChI=1S/C20H31N3O3/c1-20(2,25)19(24)23-10-6-7-16(15-23)21-11-13-22(14-12-21)17-8-4-5-9-18(17)26-3/h4-5,8-9,16,25H,6-7,10-15H2,1-3H3/t16-/m0/s1. The van der Waals surface area contributed by atoms with Crippen LogP contribution in [0.2, 0.25) is 0 Å². The van der Waals surface area contributed by atoms with Gasteiger partial charge in [-0.2, -0.15) is 0 Å². The highest BCUT2D eigenvalue weighted by Gasteiger charge is 2.35. The van der Waals surface area contributed by atoms with Crippen molar-refractivity contribution in [3.63, 3.8) is 0 Å². The molecule has 6 heteroatoms. The van der Waals surface area contributed by atoms with Crippen LogP contribution in [-0.2, 0) is 4.79 Å². The van der Waals surface area contributed by atoms with E-state index in [0.717, 1.165) is 63.5 Å². The molecule has 1 aromatic carbocycles. The molecule has 2 heterocycles. The highest BCUT2D eigenvalue weighted by Crippen LogP contribution is 2.29. The Morgan fingerprint density at radius 1 is 1.15 bits per heavy atom. The van der Waals surface area contributed by atoms with Gasteiger partial charge in [0.25, 0.3) is 5.91 Å². The predicted molar refractivity (Wildman–Crippen MR) is 103 cm³/mol. The first-order valence-corrected chi connectivity index (χ1v) is 9.54. The SMILES string of the molecule is COc1ccccc1N1CCN([C@H]2CCCN(C(=O)C(C)(C)O)C2)CC1.